The van der Waals surface area contributed by atoms with Crippen molar-refractivity contribution in [2.45, 2.75) is 34.1 Å². The number of hydrogen-bond acceptors (Lipinski definition) is 2. The van der Waals surface area contributed by atoms with Gasteiger partial charge in [-0.25, -0.2) is 18.1 Å². The zero-order valence-electron chi connectivity index (χ0n) is 12.6. The molecule has 1 aliphatic carbocycles. The van der Waals surface area contributed by atoms with Crippen LogP contribution in [0.2, 0.25) is 0 Å². The summed E-state index contributed by atoms with van der Waals surface area (Å²) in [6, 6.07) is 0. The zero-order chi connectivity index (χ0) is 16.3. The first-order valence-electron chi connectivity index (χ1n) is 6.88. The Morgan fingerprint density at radius 1 is 1.38 bits per heavy atom. The summed E-state index contributed by atoms with van der Waals surface area (Å²) in [4.78, 5) is 11.8. The van der Waals surface area contributed by atoms with Crippen molar-refractivity contribution in [3.05, 3.63) is 23.3 Å². The normalized spacial score (nSPS) is 24.7. The minimum absolute atomic E-state index is 0.0328. The maximum atomic E-state index is 14.1. The maximum absolute atomic E-state index is 14.1. The van der Waals surface area contributed by atoms with Gasteiger partial charge in [0.15, 0.2) is 5.83 Å². The monoisotopic (exact) mass is 320 g/mol. The van der Waals surface area contributed by atoms with Gasteiger partial charge in [0.05, 0.1) is 0 Å². The molecule has 7 heteroatoms. The van der Waals surface area contributed by atoms with E-state index in [1.54, 1.807) is 13.8 Å². The summed E-state index contributed by atoms with van der Waals surface area (Å²) in [5.74, 6) is -3.77. The highest BCUT2D eigenvalue weighted by Gasteiger charge is 2.38. The Kier molecular flexibility index (Phi) is 6.22. The van der Waals surface area contributed by atoms with Crippen LogP contribution in [0.4, 0.5) is 8.78 Å². The highest BCUT2D eigenvalue weighted by molar-refractivity contribution is 7.72. The molecule has 0 aromatic rings. The van der Waals surface area contributed by atoms with E-state index in [-0.39, 0.29) is 18.3 Å². The van der Waals surface area contributed by atoms with Gasteiger partial charge < -0.3 is 0 Å². The number of nitrogens with zero attached hydrogens (tertiary/aromatic N) is 1. The van der Waals surface area contributed by atoms with Crippen LogP contribution >= 0.6 is 0 Å². The van der Waals surface area contributed by atoms with Gasteiger partial charge in [0.2, 0.25) is 0 Å². The maximum Gasteiger partial charge on any atom is 0.255 e. The van der Waals surface area contributed by atoms with Crippen molar-refractivity contribution in [1.82, 2.24) is 0 Å². The van der Waals surface area contributed by atoms with E-state index in [9.17, 15) is 17.8 Å². The number of amides is 1. The van der Waals surface area contributed by atoms with E-state index in [1.165, 1.54) is 6.08 Å². The molecule has 21 heavy (non-hydrogen) atoms. The fraction of sp³-hybridized carbons (Fsp3) is 0.643. The fourth-order valence-electron chi connectivity index (χ4n) is 2.80. The van der Waals surface area contributed by atoms with Gasteiger partial charge in [0, 0.05) is 12.3 Å². The number of carbonyl (C=O) groups excluding carboxylic acids is 1. The summed E-state index contributed by atoms with van der Waals surface area (Å²) < 4.78 is 42.0. The molecule has 0 fully saturated rings. The Morgan fingerprint density at radius 3 is 2.38 bits per heavy atom. The fourth-order valence-corrected chi connectivity index (χ4v) is 3.10. The lowest BCUT2D eigenvalue weighted by molar-refractivity contribution is -0.118. The molecule has 1 rings (SSSR count). The standard InChI is InChI=1S/C14H22F2N2O2S/c1-7(2)9-5-11(15)14(16)13(8(3)4)10(9)6-12(19)18-21(17)20/h5,7-8,10,13,21H,6H2,1-4H3,(H2,17,18,19,20). The first kappa shape index (κ1) is 18.0. The Labute approximate surface area is 125 Å². The van der Waals surface area contributed by atoms with Crippen molar-refractivity contribution in [1.29, 1.82) is 0 Å². The Balaban J connectivity index is 3.22. The van der Waals surface area contributed by atoms with Gasteiger partial charge in [-0.2, -0.15) is 4.36 Å². The number of hydrogen-bond donors (Lipinski definition) is 2. The van der Waals surface area contributed by atoms with Crippen LogP contribution in [0.15, 0.2) is 27.7 Å². The largest absolute Gasteiger partial charge is 0.272 e. The molecule has 0 radical (unpaired) electrons. The summed E-state index contributed by atoms with van der Waals surface area (Å²) in [6.45, 7) is 7.27. The van der Waals surface area contributed by atoms with Gasteiger partial charge in [-0.3, -0.25) is 4.79 Å². The molecule has 4 nitrogen and oxygen atoms in total. The van der Waals surface area contributed by atoms with Crippen molar-refractivity contribution in [3.63, 3.8) is 0 Å². The minimum atomic E-state index is -2.42. The third kappa shape index (κ3) is 4.44. The Morgan fingerprint density at radius 2 is 1.95 bits per heavy atom. The summed E-state index contributed by atoms with van der Waals surface area (Å²) >= 11 is 0. The van der Waals surface area contributed by atoms with Gasteiger partial charge in [-0.15, -0.1) is 0 Å². The van der Waals surface area contributed by atoms with Crippen LogP contribution in [0.3, 0.4) is 0 Å². The van der Waals surface area contributed by atoms with E-state index < -0.39 is 40.2 Å². The van der Waals surface area contributed by atoms with Crippen LogP contribution in [0.1, 0.15) is 34.1 Å². The van der Waals surface area contributed by atoms with Gasteiger partial charge in [-0.05, 0) is 23.8 Å². The summed E-state index contributed by atoms with van der Waals surface area (Å²) in [6.07, 6.45) is 1.05. The van der Waals surface area contributed by atoms with E-state index in [0.29, 0.717) is 5.57 Å². The van der Waals surface area contributed by atoms with E-state index in [0.717, 1.165) is 0 Å². The molecule has 0 aromatic heterocycles. The highest BCUT2D eigenvalue weighted by atomic mass is 32.2. The van der Waals surface area contributed by atoms with Crippen LogP contribution < -0.4 is 5.14 Å². The molecule has 0 aliphatic heterocycles. The van der Waals surface area contributed by atoms with E-state index in [1.807, 2.05) is 13.8 Å². The molecular weight excluding hydrogens is 298 g/mol. The lowest BCUT2D eigenvalue weighted by atomic mass is 9.70. The molecule has 3 atom stereocenters. The van der Waals surface area contributed by atoms with Crippen molar-refractivity contribution in [3.8, 4) is 0 Å². The quantitative estimate of drug-likeness (QED) is 0.781. The molecule has 2 N–H and O–H groups in total. The second-order valence-corrected chi connectivity index (χ2v) is 6.68. The van der Waals surface area contributed by atoms with Gasteiger partial charge in [0.25, 0.3) is 5.91 Å². The second kappa shape index (κ2) is 7.26. The smallest absolute Gasteiger partial charge is 0.255 e. The third-order valence-electron chi connectivity index (χ3n) is 3.67. The van der Waals surface area contributed by atoms with Crippen LogP contribution in [0.5, 0.6) is 0 Å². The Hall–Kier alpha value is -1.08. The number of rotatable bonds is 4. The van der Waals surface area contributed by atoms with Crippen LogP contribution in [-0.2, 0) is 15.6 Å². The van der Waals surface area contributed by atoms with E-state index >= 15 is 0 Å². The number of thiol groups is 1. The molecule has 120 valence electrons. The van der Waals surface area contributed by atoms with Crippen LogP contribution in [0.25, 0.3) is 0 Å². The molecule has 0 spiro atoms. The second-order valence-electron chi connectivity index (χ2n) is 5.87. The lowest BCUT2D eigenvalue weighted by Gasteiger charge is -2.35. The summed E-state index contributed by atoms with van der Waals surface area (Å²) in [7, 11) is -2.42. The number of carbonyl (C=O) groups is 1. The van der Waals surface area contributed by atoms with E-state index in [2.05, 4.69) is 4.36 Å². The lowest BCUT2D eigenvalue weighted by Crippen LogP contribution is -2.29. The third-order valence-corrected chi connectivity index (χ3v) is 4.09. The van der Waals surface area contributed by atoms with Crippen molar-refractivity contribution < 1.29 is 17.8 Å². The van der Waals surface area contributed by atoms with Crippen molar-refractivity contribution >= 4 is 16.7 Å². The number of halogens is 2. The van der Waals surface area contributed by atoms with Crippen molar-refractivity contribution in [2.24, 2.45) is 33.2 Å². The molecule has 0 bridgehead atoms. The molecular formula is C14H22F2N2O2S. The summed E-state index contributed by atoms with van der Waals surface area (Å²) in [5.41, 5.74) is 0.670. The Bertz CT molecular complexity index is 561. The average Bonchev–Trinajstić information content (AvgIpc) is 2.31. The minimum Gasteiger partial charge on any atom is -0.272 e. The molecule has 0 aromatic carbocycles. The first-order valence-corrected chi connectivity index (χ1v) is 8.16. The molecule has 3 unspecified atom stereocenters. The van der Waals surface area contributed by atoms with Crippen LogP contribution in [-0.4, -0.2) is 10.1 Å². The van der Waals surface area contributed by atoms with Gasteiger partial charge >= 0.3 is 0 Å². The molecule has 0 saturated carbocycles. The molecule has 0 heterocycles. The average molecular weight is 320 g/mol. The highest BCUT2D eigenvalue weighted by Crippen LogP contribution is 2.44. The van der Waals surface area contributed by atoms with Gasteiger partial charge in [-0.1, -0.05) is 33.3 Å². The van der Waals surface area contributed by atoms with Crippen LogP contribution in [0, 0.1) is 23.7 Å². The first-order chi connectivity index (χ1) is 9.65. The summed E-state index contributed by atoms with van der Waals surface area (Å²) in [5, 5.41) is 5.00. The topological polar surface area (TPSA) is 72.5 Å². The van der Waals surface area contributed by atoms with Crippen molar-refractivity contribution in [2.75, 3.05) is 0 Å². The van der Waals surface area contributed by atoms with E-state index in [4.69, 9.17) is 5.14 Å². The number of allylic oxidation sites excluding steroid dienone is 4. The molecule has 0 saturated heterocycles. The van der Waals surface area contributed by atoms with Gasteiger partial charge in [0.1, 0.15) is 16.6 Å². The predicted molar refractivity (Wildman–Crippen MR) is 79.8 cm³/mol. The molecule has 1 aliphatic rings. The predicted octanol–water partition coefficient (Wildman–Crippen LogP) is 3.08. The zero-order valence-corrected chi connectivity index (χ0v) is 13.5. The SMILES string of the molecule is CC(C)C1=CC(F)=C(F)C(C(C)C)C1CC(=O)N=[SH](N)=O. The molecule has 1 amide bonds. The number of nitrogens with two attached hydrogens (primary N) is 1.